The number of likely N-dealkylation sites (N-methyl/N-ethyl adjacent to an activating group) is 1. The first-order chi connectivity index (χ1) is 7.97. The number of nitrogens with zero attached hydrogens (tertiary/aromatic N) is 1. The van der Waals surface area contributed by atoms with Gasteiger partial charge >= 0.3 is 0 Å². The van der Waals surface area contributed by atoms with Crippen LogP contribution in [0.15, 0.2) is 0 Å². The fourth-order valence-electron chi connectivity index (χ4n) is 2.30. The van der Waals surface area contributed by atoms with Gasteiger partial charge in [0.25, 0.3) is 0 Å². The quantitative estimate of drug-likeness (QED) is 0.728. The second-order valence-electron chi connectivity index (χ2n) is 5.46. The first kappa shape index (κ1) is 14.5. The second-order valence-corrected chi connectivity index (χ2v) is 5.46. The number of likely N-dealkylation sites (tertiary alicyclic amines) is 1. The van der Waals surface area contributed by atoms with Crippen LogP contribution in [0.1, 0.15) is 40.5 Å². The summed E-state index contributed by atoms with van der Waals surface area (Å²) in [6.45, 7) is 11.9. The third kappa shape index (κ3) is 4.28. The average molecular weight is 241 g/mol. The lowest BCUT2D eigenvalue weighted by atomic mass is 10.0. The van der Waals surface area contributed by atoms with Gasteiger partial charge in [0.15, 0.2) is 0 Å². The average Bonchev–Trinajstić information content (AvgIpc) is 2.78. The van der Waals surface area contributed by atoms with Gasteiger partial charge in [0, 0.05) is 12.6 Å². The van der Waals surface area contributed by atoms with Crippen LogP contribution in [0.5, 0.6) is 0 Å². The van der Waals surface area contributed by atoms with Crippen molar-refractivity contribution in [2.24, 2.45) is 0 Å². The van der Waals surface area contributed by atoms with E-state index >= 15 is 0 Å². The van der Waals surface area contributed by atoms with E-state index in [9.17, 15) is 4.79 Å². The standard InChI is InChI=1S/C13H27N3O/c1-5-15-13(3,4)12(17)14-10-11(2)16-8-6-7-9-16/h11,15H,5-10H2,1-4H3,(H,14,17). The highest BCUT2D eigenvalue weighted by Gasteiger charge is 2.27. The van der Waals surface area contributed by atoms with Crippen molar-refractivity contribution in [2.75, 3.05) is 26.2 Å². The van der Waals surface area contributed by atoms with Gasteiger partial charge in [0.05, 0.1) is 5.54 Å². The van der Waals surface area contributed by atoms with Crippen LogP contribution in [-0.2, 0) is 4.79 Å². The molecule has 0 aromatic rings. The van der Waals surface area contributed by atoms with Crippen molar-refractivity contribution < 1.29 is 4.79 Å². The fourth-order valence-corrected chi connectivity index (χ4v) is 2.30. The summed E-state index contributed by atoms with van der Waals surface area (Å²) in [7, 11) is 0. The lowest BCUT2D eigenvalue weighted by molar-refractivity contribution is -0.126. The van der Waals surface area contributed by atoms with Crippen LogP contribution in [0.4, 0.5) is 0 Å². The summed E-state index contributed by atoms with van der Waals surface area (Å²) in [4.78, 5) is 14.4. The number of hydrogen-bond acceptors (Lipinski definition) is 3. The van der Waals surface area contributed by atoms with E-state index in [4.69, 9.17) is 0 Å². The summed E-state index contributed by atoms with van der Waals surface area (Å²) < 4.78 is 0. The highest BCUT2D eigenvalue weighted by atomic mass is 16.2. The van der Waals surface area contributed by atoms with E-state index in [0.29, 0.717) is 6.04 Å². The molecule has 0 bridgehead atoms. The third-order valence-corrected chi connectivity index (χ3v) is 3.51. The maximum Gasteiger partial charge on any atom is 0.239 e. The monoisotopic (exact) mass is 241 g/mol. The van der Waals surface area contributed by atoms with E-state index < -0.39 is 5.54 Å². The highest BCUT2D eigenvalue weighted by Crippen LogP contribution is 2.11. The van der Waals surface area contributed by atoms with Gasteiger partial charge in [0.1, 0.15) is 0 Å². The van der Waals surface area contributed by atoms with E-state index in [1.54, 1.807) is 0 Å². The van der Waals surface area contributed by atoms with E-state index in [-0.39, 0.29) is 5.91 Å². The van der Waals surface area contributed by atoms with Gasteiger partial charge in [-0.1, -0.05) is 6.92 Å². The summed E-state index contributed by atoms with van der Waals surface area (Å²) in [6.07, 6.45) is 2.59. The normalized spacial score (nSPS) is 19.3. The Hall–Kier alpha value is -0.610. The maximum absolute atomic E-state index is 12.0. The molecule has 1 aliphatic rings. The van der Waals surface area contributed by atoms with E-state index in [1.165, 1.54) is 25.9 Å². The zero-order valence-electron chi connectivity index (χ0n) is 11.7. The molecule has 0 aliphatic carbocycles. The van der Waals surface area contributed by atoms with Crippen molar-refractivity contribution in [2.45, 2.75) is 52.1 Å². The van der Waals surface area contributed by atoms with E-state index in [1.807, 2.05) is 20.8 Å². The number of hydrogen-bond donors (Lipinski definition) is 2. The SMILES string of the molecule is CCNC(C)(C)C(=O)NCC(C)N1CCCC1. The van der Waals surface area contributed by atoms with Crippen molar-refractivity contribution in [1.29, 1.82) is 0 Å². The summed E-state index contributed by atoms with van der Waals surface area (Å²) in [5.74, 6) is 0.0883. The van der Waals surface area contributed by atoms with Gasteiger partial charge in [-0.3, -0.25) is 9.69 Å². The van der Waals surface area contributed by atoms with Crippen molar-refractivity contribution in [3.63, 3.8) is 0 Å². The maximum atomic E-state index is 12.0. The van der Waals surface area contributed by atoms with Crippen molar-refractivity contribution in [1.82, 2.24) is 15.5 Å². The second kappa shape index (κ2) is 6.36. The molecule has 2 N–H and O–H groups in total. The van der Waals surface area contributed by atoms with Crippen molar-refractivity contribution in [3.8, 4) is 0 Å². The molecule has 0 saturated carbocycles. The molecule has 17 heavy (non-hydrogen) atoms. The molecule has 4 nitrogen and oxygen atoms in total. The molecule has 1 fully saturated rings. The topological polar surface area (TPSA) is 44.4 Å². The largest absolute Gasteiger partial charge is 0.353 e. The van der Waals surface area contributed by atoms with Crippen LogP contribution in [0.2, 0.25) is 0 Å². The van der Waals surface area contributed by atoms with E-state index in [2.05, 4.69) is 22.5 Å². The molecule has 1 heterocycles. The predicted octanol–water partition coefficient (Wildman–Crippen LogP) is 0.975. The van der Waals surface area contributed by atoms with Crippen molar-refractivity contribution in [3.05, 3.63) is 0 Å². The molecule has 0 spiro atoms. The summed E-state index contributed by atoms with van der Waals surface area (Å²) >= 11 is 0. The Kier molecular flexibility index (Phi) is 5.40. The van der Waals surface area contributed by atoms with Crippen LogP contribution in [-0.4, -0.2) is 48.6 Å². The van der Waals surface area contributed by atoms with Gasteiger partial charge in [-0.15, -0.1) is 0 Å². The number of rotatable bonds is 6. The molecule has 1 unspecified atom stereocenters. The Bertz CT molecular complexity index is 247. The van der Waals surface area contributed by atoms with Crippen LogP contribution in [0.3, 0.4) is 0 Å². The molecule has 4 heteroatoms. The fraction of sp³-hybridized carbons (Fsp3) is 0.923. The smallest absolute Gasteiger partial charge is 0.239 e. The molecular formula is C13H27N3O. The Balaban J connectivity index is 2.31. The molecule has 0 aromatic heterocycles. The molecular weight excluding hydrogens is 214 g/mol. The minimum atomic E-state index is -0.473. The zero-order chi connectivity index (χ0) is 12.9. The van der Waals surface area contributed by atoms with Crippen molar-refractivity contribution >= 4 is 5.91 Å². The van der Waals surface area contributed by atoms with Gasteiger partial charge in [-0.05, 0) is 53.2 Å². The summed E-state index contributed by atoms with van der Waals surface area (Å²) in [6, 6.07) is 0.443. The Morgan fingerprint density at radius 2 is 1.94 bits per heavy atom. The summed E-state index contributed by atoms with van der Waals surface area (Å²) in [5.41, 5.74) is -0.473. The molecule has 1 amide bonds. The first-order valence-electron chi connectivity index (χ1n) is 6.74. The first-order valence-corrected chi connectivity index (χ1v) is 6.74. The predicted molar refractivity (Wildman–Crippen MR) is 71.0 cm³/mol. The van der Waals surface area contributed by atoms with Crippen LogP contribution in [0.25, 0.3) is 0 Å². The number of carbonyl (C=O) groups excluding carboxylic acids is 1. The van der Waals surface area contributed by atoms with Gasteiger partial charge in [0.2, 0.25) is 5.91 Å². The number of amides is 1. The molecule has 0 radical (unpaired) electrons. The number of carbonyl (C=O) groups is 1. The lowest BCUT2D eigenvalue weighted by Crippen LogP contribution is -2.54. The van der Waals surface area contributed by atoms with E-state index in [0.717, 1.165) is 13.1 Å². The molecule has 100 valence electrons. The Morgan fingerprint density at radius 1 is 1.35 bits per heavy atom. The Morgan fingerprint density at radius 3 is 2.47 bits per heavy atom. The lowest BCUT2D eigenvalue weighted by Gasteiger charge is -2.28. The van der Waals surface area contributed by atoms with Gasteiger partial charge < -0.3 is 10.6 Å². The number of nitrogens with one attached hydrogen (secondary N) is 2. The molecule has 1 rings (SSSR count). The summed E-state index contributed by atoms with van der Waals surface area (Å²) in [5, 5.41) is 6.23. The van der Waals surface area contributed by atoms with Crippen LogP contribution >= 0.6 is 0 Å². The van der Waals surface area contributed by atoms with Gasteiger partial charge in [-0.2, -0.15) is 0 Å². The highest BCUT2D eigenvalue weighted by molar-refractivity contribution is 5.85. The van der Waals surface area contributed by atoms with Crippen LogP contribution in [0, 0.1) is 0 Å². The minimum absolute atomic E-state index is 0.0883. The third-order valence-electron chi connectivity index (χ3n) is 3.51. The molecule has 1 aliphatic heterocycles. The minimum Gasteiger partial charge on any atom is -0.353 e. The molecule has 1 saturated heterocycles. The Labute approximate surface area is 105 Å². The molecule has 1 atom stereocenters. The van der Waals surface area contributed by atoms with Gasteiger partial charge in [-0.25, -0.2) is 0 Å². The molecule has 0 aromatic carbocycles. The van der Waals surface area contributed by atoms with Crippen LogP contribution < -0.4 is 10.6 Å². The zero-order valence-corrected chi connectivity index (χ0v) is 11.7.